The monoisotopic (exact) mass is 384 g/mol. The Morgan fingerprint density at radius 1 is 1.08 bits per heavy atom. The number of benzene rings is 1. The average molecular weight is 385 g/mol. The Hall–Kier alpha value is -0.990. The summed E-state index contributed by atoms with van der Waals surface area (Å²) < 4.78 is 37.5. The molecule has 1 N–H and O–H groups in total. The number of hydrogen-bond donors (Lipinski definition) is 1. The second-order valence-electron chi connectivity index (χ2n) is 6.71. The second kappa shape index (κ2) is 11.7. The SMILES string of the molecule is COCCOCCS(=O)(=O)NCC(Cc1ccccc1)N1CCCCC1. The molecule has 0 radical (unpaired) electrons. The molecule has 0 spiro atoms. The lowest BCUT2D eigenvalue weighted by atomic mass is 10.0. The molecule has 1 saturated heterocycles. The van der Waals surface area contributed by atoms with Gasteiger partial charge in [-0.3, -0.25) is 4.90 Å². The molecule has 1 heterocycles. The molecule has 1 aliphatic rings. The van der Waals surface area contributed by atoms with Gasteiger partial charge in [-0.05, 0) is 37.9 Å². The number of nitrogens with zero attached hydrogens (tertiary/aromatic N) is 1. The normalized spacial score (nSPS) is 17.3. The van der Waals surface area contributed by atoms with Crippen molar-refractivity contribution in [2.45, 2.75) is 31.7 Å². The Morgan fingerprint density at radius 3 is 2.50 bits per heavy atom. The molecular formula is C19H32N2O4S. The maximum Gasteiger partial charge on any atom is 0.213 e. The van der Waals surface area contributed by atoms with Gasteiger partial charge in [-0.2, -0.15) is 0 Å². The molecule has 1 aromatic rings. The zero-order valence-corrected chi connectivity index (χ0v) is 16.5. The number of ether oxygens (including phenoxy) is 2. The number of hydrogen-bond acceptors (Lipinski definition) is 5. The van der Waals surface area contributed by atoms with E-state index in [-0.39, 0.29) is 18.4 Å². The van der Waals surface area contributed by atoms with Crippen molar-refractivity contribution in [2.24, 2.45) is 0 Å². The van der Waals surface area contributed by atoms with Crippen molar-refractivity contribution in [3.63, 3.8) is 0 Å². The Morgan fingerprint density at radius 2 is 1.81 bits per heavy atom. The van der Waals surface area contributed by atoms with Crippen LogP contribution in [0.3, 0.4) is 0 Å². The van der Waals surface area contributed by atoms with Gasteiger partial charge in [0.25, 0.3) is 0 Å². The quantitative estimate of drug-likeness (QED) is 0.555. The van der Waals surface area contributed by atoms with E-state index in [2.05, 4.69) is 21.8 Å². The van der Waals surface area contributed by atoms with Gasteiger partial charge in [-0.15, -0.1) is 0 Å². The van der Waals surface area contributed by atoms with E-state index in [4.69, 9.17) is 9.47 Å². The van der Waals surface area contributed by atoms with Crippen molar-refractivity contribution < 1.29 is 17.9 Å². The van der Waals surface area contributed by atoms with Crippen molar-refractivity contribution in [3.8, 4) is 0 Å². The largest absolute Gasteiger partial charge is 0.382 e. The molecule has 0 aromatic heterocycles. The predicted molar refractivity (Wildman–Crippen MR) is 104 cm³/mol. The van der Waals surface area contributed by atoms with Crippen LogP contribution in [0.15, 0.2) is 30.3 Å². The summed E-state index contributed by atoms with van der Waals surface area (Å²) in [5, 5.41) is 0. The fraction of sp³-hybridized carbons (Fsp3) is 0.684. The van der Waals surface area contributed by atoms with E-state index in [1.807, 2.05) is 18.2 Å². The number of methoxy groups -OCH3 is 1. The van der Waals surface area contributed by atoms with Gasteiger partial charge in [0.05, 0.1) is 25.6 Å². The fourth-order valence-electron chi connectivity index (χ4n) is 3.21. The highest BCUT2D eigenvalue weighted by Crippen LogP contribution is 2.15. The molecule has 0 bridgehead atoms. The summed E-state index contributed by atoms with van der Waals surface area (Å²) in [7, 11) is -1.74. The third-order valence-corrected chi connectivity index (χ3v) is 6.00. The fourth-order valence-corrected chi connectivity index (χ4v) is 4.14. The van der Waals surface area contributed by atoms with E-state index < -0.39 is 10.0 Å². The summed E-state index contributed by atoms with van der Waals surface area (Å²) >= 11 is 0. The second-order valence-corrected chi connectivity index (χ2v) is 8.64. The molecular weight excluding hydrogens is 352 g/mol. The molecule has 148 valence electrons. The van der Waals surface area contributed by atoms with Gasteiger partial charge in [0, 0.05) is 19.7 Å². The van der Waals surface area contributed by atoms with Crippen LogP contribution in [0.25, 0.3) is 0 Å². The van der Waals surface area contributed by atoms with Crippen molar-refractivity contribution >= 4 is 10.0 Å². The summed E-state index contributed by atoms with van der Waals surface area (Å²) in [5.74, 6) is -0.0191. The first-order valence-corrected chi connectivity index (χ1v) is 11.1. The number of piperidine rings is 1. The van der Waals surface area contributed by atoms with Crippen LogP contribution in [0.1, 0.15) is 24.8 Å². The third kappa shape index (κ3) is 8.14. The van der Waals surface area contributed by atoms with Crippen molar-refractivity contribution in [3.05, 3.63) is 35.9 Å². The first-order valence-electron chi connectivity index (χ1n) is 9.43. The summed E-state index contributed by atoms with van der Waals surface area (Å²) in [6.45, 7) is 3.60. The minimum atomic E-state index is -3.34. The van der Waals surface area contributed by atoms with Crippen LogP contribution < -0.4 is 4.72 Å². The highest BCUT2D eigenvalue weighted by Gasteiger charge is 2.23. The standard InChI is InChI=1S/C19H32N2O4S/c1-24-12-13-25-14-15-26(22,23)20-17-19(21-10-6-3-7-11-21)16-18-8-4-2-5-9-18/h2,4-5,8-9,19-20H,3,6-7,10-17H2,1H3. The van der Waals surface area contributed by atoms with E-state index in [0.29, 0.717) is 19.8 Å². The number of rotatable bonds is 12. The number of sulfonamides is 1. The number of likely N-dealkylation sites (tertiary alicyclic amines) is 1. The number of nitrogens with one attached hydrogen (secondary N) is 1. The molecule has 0 saturated carbocycles. The molecule has 6 nitrogen and oxygen atoms in total. The van der Waals surface area contributed by atoms with Crippen LogP contribution in [0.2, 0.25) is 0 Å². The van der Waals surface area contributed by atoms with E-state index in [0.717, 1.165) is 19.5 Å². The van der Waals surface area contributed by atoms with E-state index >= 15 is 0 Å². The Balaban J connectivity index is 1.86. The summed E-state index contributed by atoms with van der Waals surface area (Å²) in [6.07, 6.45) is 4.49. The first-order chi connectivity index (χ1) is 12.6. The van der Waals surface area contributed by atoms with Crippen molar-refractivity contribution in [2.75, 3.05) is 52.3 Å². The van der Waals surface area contributed by atoms with Crippen LogP contribution in [-0.4, -0.2) is 71.7 Å². The van der Waals surface area contributed by atoms with Crippen LogP contribution >= 0.6 is 0 Å². The molecule has 0 aliphatic carbocycles. The Kier molecular flexibility index (Phi) is 9.56. The maximum absolute atomic E-state index is 12.3. The van der Waals surface area contributed by atoms with Crippen LogP contribution in [0.5, 0.6) is 0 Å². The minimum absolute atomic E-state index is 0.0191. The first kappa shape index (κ1) is 21.3. The molecule has 1 aromatic carbocycles. The van der Waals surface area contributed by atoms with Gasteiger partial charge < -0.3 is 9.47 Å². The lowest BCUT2D eigenvalue weighted by Gasteiger charge is -2.34. The van der Waals surface area contributed by atoms with Gasteiger partial charge in [0.15, 0.2) is 0 Å². The Bertz CT molecular complexity index is 589. The summed E-state index contributed by atoms with van der Waals surface area (Å²) in [6, 6.07) is 10.5. The molecule has 0 amide bonds. The molecule has 7 heteroatoms. The molecule has 26 heavy (non-hydrogen) atoms. The Labute approximate surface area is 157 Å². The lowest BCUT2D eigenvalue weighted by molar-refractivity contribution is 0.0784. The van der Waals surface area contributed by atoms with Gasteiger partial charge in [0.1, 0.15) is 0 Å². The van der Waals surface area contributed by atoms with Gasteiger partial charge >= 0.3 is 0 Å². The zero-order valence-electron chi connectivity index (χ0n) is 15.7. The van der Waals surface area contributed by atoms with Gasteiger partial charge in [0.2, 0.25) is 10.0 Å². The molecule has 1 atom stereocenters. The smallest absolute Gasteiger partial charge is 0.213 e. The predicted octanol–water partition coefficient (Wildman–Crippen LogP) is 1.67. The highest BCUT2D eigenvalue weighted by atomic mass is 32.2. The highest BCUT2D eigenvalue weighted by molar-refractivity contribution is 7.89. The van der Waals surface area contributed by atoms with E-state index in [9.17, 15) is 8.42 Å². The van der Waals surface area contributed by atoms with Gasteiger partial charge in [-0.25, -0.2) is 13.1 Å². The molecule has 1 fully saturated rings. The van der Waals surface area contributed by atoms with Crippen LogP contribution in [0.4, 0.5) is 0 Å². The summed E-state index contributed by atoms with van der Waals surface area (Å²) in [5.41, 5.74) is 1.24. The molecule has 1 unspecified atom stereocenters. The van der Waals surface area contributed by atoms with E-state index in [1.165, 1.54) is 24.8 Å². The van der Waals surface area contributed by atoms with Crippen LogP contribution in [0, 0.1) is 0 Å². The molecule has 2 rings (SSSR count). The third-order valence-electron chi connectivity index (χ3n) is 4.69. The zero-order chi connectivity index (χ0) is 18.7. The van der Waals surface area contributed by atoms with E-state index in [1.54, 1.807) is 7.11 Å². The topological polar surface area (TPSA) is 67.9 Å². The van der Waals surface area contributed by atoms with Crippen molar-refractivity contribution in [1.82, 2.24) is 9.62 Å². The molecule has 1 aliphatic heterocycles. The van der Waals surface area contributed by atoms with Crippen LogP contribution in [-0.2, 0) is 25.9 Å². The van der Waals surface area contributed by atoms with Gasteiger partial charge in [-0.1, -0.05) is 36.8 Å². The minimum Gasteiger partial charge on any atom is -0.382 e. The van der Waals surface area contributed by atoms with Crippen molar-refractivity contribution in [1.29, 1.82) is 0 Å². The maximum atomic E-state index is 12.3. The average Bonchev–Trinajstić information content (AvgIpc) is 2.66. The summed E-state index contributed by atoms with van der Waals surface area (Å²) in [4.78, 5) is 2.42. The lowest BCUT2D eigenvalue weighted by Crippen LogP contribution is -2.47.